The number of anilines is 1. The number of rotatable bonds is 3. The Labute approximate surface area is 150 Å². The Bertz CT molecular complexity index is 1110. The van der Waals surface area contributed by atoms with Crippen LogP contribution >= 0.6 is 11.3 Å². The molecule has 2 heterocycles. The fraction of sp³-hybridized carbons (Fsp3) is 0.278. The molecule has 0 spiro atoms. The van der Waals surface area contributed by atoms with Gasteiger partial charge in [-0.1, -0.05) is 29.5 Å². The van der Waals surface area contributed by atoms with Crippen molar-refractivity contribution in [2.75, 3.05) is 10.8 Å². The molecule has 0 radical (unpaired) electrons. The van der Waals surface area contributed by atoms with Crippen molar-refractivity contribution in [1.29, 1.82) is 0 Å². The number of benzene rings is 2. The van der Waals surface area contributed by atoms with Crippen molar-refractivity contribution in [3.05, 3.63) is 57.7 Å². The van der Waals surface area contributed by atoms with Crippen molar-refractivity contribution in [2.24, 2.45) is 0 Å². The first-order valence-corrected chi connectivity index (χ1v) is 10.5. The smallest absolute Gasteiger partial charge is 0.299 e. The van der Waals surface area contributed by atoms with Crippen molar-refractivity contribution in [3.8, 4) is 0 Å². The van der Waals surface area contributed by atoms with Crippen molar-refractivity contribution in [2.45, 2.75) is 31.2 Å². The lowest BCUT2D eigenvalue weighted by molar-refractivity contribution is 0.586. The van der Waals surface area contributed by atoms with Crippen LogP contribution in [0, 0.1) is 0 Å². The van der Waals surface area contributed by atoms with Gasteiger partial charge in [0.25, 0.3) is 10.0 Å². The summed E-state index contributed by atoms with van der Waals surface area (Å²) in [6.07, 6.45) is 1.69. The number of fused-ring (bicyclic) bond motifs is 2. The Balaban J connectivity index is 1.84. The number of nitrogens with zero attached hydrogens (tertiary/aromatic N) is 2. The maximum absolute atomic E-state index is 13.2. The molecule has 0 fully saturated rings. The highest BCUT2D eigenvalue weighted by Gasteiger charge is 2.29. The van der Waals surface area contributed by atoms with E-state index in [2.05, 4.69) is 0 Å². The third-order valence-corrected chi connectivity index (χ3v) is 7.36. The molecule has 1 aliphatic rings. The maximum atomic E-state index is 13.2. The second-order valence-electron chi connectivity index (χ2n) is 6.05. The van der Waals surface area contributed by atoms with Gasteiger partial charge in [0.2, 0.25) is 0 Å². The van der Waals surface area contributed by atoms with Crippen LogP contribution < -0.4 is 9.18 Å². The van der Waals surface area contributed by atoms with Crippen LogP contribution in [0.5, 0.6) is 0 Å². The molecule has 1 aliphatic heterocycles. The number of hydrogen-bond donors (Lipinski definition) is 0. The van der Waals surface area contributed by atoms with E-state index in [0.29, 0.717) is 17.8 Å². The molecule has 0 aliphatic carbocycles. The fourth-order valence-electron chi connectivity index (χ4n) is 3.38. The molecule has 4 rings (SSSR count). The van der Waals surface area contributed by atoms with Crippen molar-refractivity contribution in [1.82, 2.24) is 4.57 Å². The van der Waals surface area contributed by atoms with Gasteiger partial charge in [-0.15, -0.1) is 0 Å². The van der Waals surface area contributed by atoms with Gasteiger partial charge in [0, 0.05) is 13.1 Å². The molecule has 0 saturated carbocycles. The van der Waals surface area contributed by atoms with Crippen LogP contribution in [0.3, 0.4) is 0 Å². The topological polar surface area (TPSA) is 59.4 Å². The van der Waals surface area contributed by atoms with Gasteiger partial charge in [0.1, 0.15) is 0 Å². The van der Waals surface area contributed by atoms with Crippen LogP contribution in [0.25, 0.3) is 10.2 Å². The van der Waals surface area contributed by atoms with E-state index >= 15 is 0 Å². The van der Waals surface area contributed by atoms with Gasteiger partial charge in [0.05, 0.1) is 20.8 Å². The minimum atomic E-state index is -3.65. The number of sulfonamides is 1. The second kappa shape index (κ2) is 6.00. The molecule has 7 heteroatoms. The van der Waals surface area contributed by atoms with E-state index in [4.69, 9.17) is 0 Å². The number of para-hydroxylation sites is 1. The second-order valence-corrected chi connectivity index (χ2v) is 8.91. The minimum Gasteiger partial charge on any atom is -0.299 e. The third kappa shape index (κ3) is 2.58. The molecule has 0 amide bonds. The highest BCUT2D eigenvalue weighted by molar-refractivity contribution is 7.92. The molecule has 0 unspecified atom stereocenters. The van der Waals surface area contributed by atoms with Crippen molar-refractivity contribution in [3.63, 3.8) is 0 Å². The SMILES string of the molecule is CCn1c(=O)sc2cc(S(=O)(=O)N3CCCc4ccccc43)ccc21. The van der Waals surface area contributed by atoms with E-state index in [9.17, 15) is 13.2 Å². The van der Waals surface area contributed by atoms with Gasteiger partial charge in [-0.2, -0.15) is 0 Å². The van der Waals surface area contributed by atoms with Crippen LogP contribution in [0.2, 0.25) is 0 Å². The molecule has 5 nitrogen and oxygen atoms in total. The van der Waals surface area contributed by atoms with Crippen LogP contribution in [-0.4, -0.2) is 19.5 Å². The summed E-state index contributed by atoms with van der Waals surface area (Å²) in [5.41, 5.74) is 2.60. The molecule has 25 heavy (non-hydrogen) atoms. The fourth-order valence-corrected chi connectivity index (χ4v) is 6.02. The number of hydrogen-bond acceptors (Lipinski definition) is 4. The highest BCUT2D eigenvalue weighted by atomic mass is 32.2. The molecular weight excluding hydrogens is 356 g/mol. The summed E-state index contributed by atoms with van der Waals surface area (Å²) in [7, 11) is -3.65. The van der Waals surface area contributed by atoms with E-state index in [0.717, 1.165) is 40.9 Å². The summed E-state index contributed by atoms with van der Waals surface area (Å²) in [4.78, 5) is 12.2. The van der Waals surface area contributed by atoms with Gasteiger partial charge in [-0.25, -0.2) is 8.42 Å². The van der Waals surface area contributed by atoms with Gasteiger partial charge in [-0.3, -0.25) is 13.7 Å². The summed E-state index contributed by atoms with van der Waals surface area (Å²) in [6, 6.07) is 12.6. The maximum Gasteiger partial charge on any atom is 0.308 e. The van der Waals surface area contributed by atoms with Gasteiger partial charge >= 0.3 is 4.87 Å². The number of aryl methyl sites for hydroxylation is 2. The first-order chi connectivity index (χ1) is 12.0. The zero-order chi connectivity index (χ0) is 17.6. The summed E-state index contributed by atoms with van der Waals surface area (Å²) in [6.45, 7) is 2.96. The zero-order valence-corrected chi connectivity index (χ0v) is 15.4. The van der Waals surface area contributed by atoms with E-state index in [1.807, 2.05) is 31.2 Å². The van der Waals surface area contributed by atoms with E-state index in [-0.39, 0.29) is 9.77 Å². The number of aromatic nitrogens is 1. The quantitative estimate of drug-likeness (QED) is 0.707. The Morgan fingerprint density at radius 1 is 1.16 bits per heavy atom. The monoisotopic (exact) mass is 374 g/mol. The van der Waals surface area contributed by atoms with E-state index in [1.165, 1.54) is 4.31 Å². The normalized spacial score (nSPS) is 14.7. The van der Waals surface area contributed by atoms with Crippen molar-refractivity contribution >= 4 is 37.3 Å². The average molecular weight is 374 g/mol. The molecule has 0 saturated heterocycles. The van der Waals surface area contributed by atoms with Crippen LogP contribution in [0.1, 0.15) is 18.9 Å². The predicted octanol–water partition coefficient (Wildman–Crippen LogP) is 3.22. The average Bonchev–Trinajstić information content (AvgIpc) is 2.95. The predicted molar refractivity (Wildman–Crippen MR) is 101 cm³/mol. The third-order valence-electron chi connectivity index (χ3n) is 4.61. The first-order valence-electron chi connectivity index (χ1n) is 8.26. The molecule has 3 aromatic rings. The van der Waals surface area contributed by atoms with Crippen LogP contribution in [0.4, 0.5) is 5.69 Å². The number of thiazole rings is 1. The first kappa shape index (κ1) is 16.4. The molecule has 0 bridgehead atoms. The van der Waals surface area contributed by atoms with E-state index < -0.39 is 10.0 Å². The van der Waals surface area contributed by atoms with Crippen molar-refractivity contribution < 1.29 is 8.42 Å². The summed E-state index contributed by atoms with van der Waals surface area (Å²) < 4.78 is 30.3. The lowest BCUT2D eigenvalue weighted by Gasteiger charge is -2.30. The van der Waals surface area contributed by atoms with Gasteiger partial charge in [-0.05, 0) is 49.6 Å². The summed E-state index contributed by atoms with van der Waals surface area (Å²) >= 11 is 1.09. The van der Waals surface area contributed by atoms with Gasteiger partial charge < -0.3 is 0 Å². The molecule has 1 aromatic heterocycles. The van der Waals surface area contributed by atoms with Gasteiger partial charge in [0.15, 0.2) is 0 Å². The van der Waals surface area contributed by atoms with Crippen LogP contribution in [-0.2, 0) is 23.0 Å². The molecule has 130 valence electrons. The summed E-state index contributed by atoms with van der Waals surface area (Å²) in [5.74, 6) is 0. The lowest BCUT2D eigenvalue weighted by Crippen LogP contribution is -2.35. The standard InChI is InChI=1S/C18H18N2O3S2/c1-2-19-16-10-9-14(12-17(16)24-18(19)21)25(22,23)20-11-5-7-13-6-3-4-8-15(13)20/h3-4,6,8-10,12H,2,5,7,11H2,1H3. The zero-order valence-electron chi connectivity index (χ0n) is 13.8. The highest BCUT2D eigenvalue weighted by Crippen LogP contribution is 2.32. The molecule has 0 N–H and O–H groups in total. The van der Waals surface area contributed by atoms with E-state index in [1.54, 1.807) is 22.8 Å². The Morgan fingerprint density at radius 3 is 2.76 bits per heavy atom. The molecular formula is C18H18N2O3S2. The Kier molecular flexibility index (Phi) is 3.92. The Hall–Kier alpha value is -2.12. The largest absolute Gasteiger partial charge is 0.308 e. The van der Waals surface area contributed by atoms with Crippen LogP contribution in [0.15, 0.2) is 52.2 Å². The summed E-state index contributed by atoms with van der Waals surface area (Å²) in [5, 5.41) is 0. The minimum absolute atomic E-state index is 0.0598. The Morgan fingerprint density at radius 2 is 1.96 bits per heavy atom. The molecule has 2 aromatic carbocycles. The lowest BCUT2D eigenvalue weighted by atomic mass is 10.0. The molecule has 0 atom stereocenters.